The van der Waals surface area contributed by atoms with Crippen LogP contribution in [0.1, 0.15) is 103 Å². The minimum Gasteiger partial charge on any atom is -0.0628 e. The number of benzene rings is 2. The quantitative estimate of drug-likeness (QED) is 0.317. The first kappa shape index (κ1) is 22.1. The minimum absolute atomic E-state index is 0.239. The van der Waals surface area contributed by atoms with Crippen molar-refractivity contribution in [2.75, 3.05) is 0 Å². The molecule has 0 radical (unpaired) electrons. The molecule has 0 heteroatoms. The molecule has 0 fully saturated rings. The van der Waals surface area contributed by atoms with Gasteiger partial charge in [-0.05, 0) is 46.9 Å². The summed E-state index contributed by atoms with van der Waals surface area (Å²) in [5.41, 5.74) is 6.44. The molecule has 2 aromatic carbocycles. The van der Waals surface area contributed by atoms with Crippen LogP contribution in [-0.4, -0.2) is 0 Å². The highest BCUT2D eigenvalue weighted by molar-refractivity contribution is 5.80. The minimum atomic E-state index is 0.239. The summed E-state index contributed by atoms with van der Waals surface area (Å²) in [6.07, 6.45) is 13.6. The molecular weight excluding hydrogens is 348 g/mol. The molecule has 0 bridgehead atoms. The fraction of sp³-hybridized carbons (Fsp3) is 0.586. The zero-order valence-electron chi connectivity index (χ0n) is 19.3. The van der Waals surface area contributed by atoms with Gasteiger partial charge < -0.3 is 0 Å². The molecule has 2 aromatic rings. The van der Waals surface area contributed by atoms with E-state index in [0.29, 0.717) is 0 Å². The van der Waals surface area contributed by atoms with Gasteiger partial charge in [0, 0.05) is 5.41 Å². The lowest BCUT2D eigenvalue weighted by Crippen LogP contribution is -2.25. The highest BCUT2D eigenvalue weighted by atomic mass is 14.4. The molecule has 0 aromatic heterocycles. The molecule has 1 aliphatic rings. The van der Waals surface area contributed by atoms with Crippen LogP contribution in [0.25, 0.3) is 11.1 Å². The van der Waals surface area contributed by atoms with E-state index >= 15 is 0 Å². The summed E-state index contributed by atoms with van der Waals surface area (Å²) >= 11 is 0. The number of rotatable bonds is 12. The van der Waals surface area contributed by atoms with Crippen LogP contribution in [0, 0.1) is 11.8 Å². The van der Waals surface area contributed by atoms with Gasteiger partial charge in [-0.2, -0.15) is 0 Å². The van der Waals surface area contributed by atoms with Gasteiger partial charge in [-0.3, -0.25) is 0 Å². The van der Waals surface area contributed by atoms with Crippen molar-refractivity contribution < 1.29 is 0 Å². The standard InChI is InChI=1S/C29H42/c1-23(2)15-7-5-13-21-29(22-14-6-8-16-24(3)4)27-19-11-9-17-25(27)26-18-10-12-20-28(26)29/h9-12,17-20,23-24H,5-8,13-16,21-22H2,1-4H3. The summed E-state index contributed by atoms with van der Waals surface area (Å²) in [5.74, 6) is 1.66. The second kappa shape index (κ2) is 10.5. The predicted octanol–water partition coefficient (Wildman–Crippen LogP) is 9.17. The van der Waals surface area contributed by atoms with Gasteiger partial charge in [0.25, 0.3) is 0 Å². The van der Waals surface area contributed by atoms with E-state index in [1.165, 1.54) is 75.3 Å². The monoisotopic (exact) mass is 390 g/mol. The summed E-state index contributed by atoms with van der Waals surface area (Å²) in [5, 5.41) is 0. The fourth-order valence-corrected chi connectivity index (χ4v) is 5.39. The van der Waals surface area contributed by atoms with Crippen LogP contribution in [-0.2, 0) is 5.41 Å². The molecule has 0 aliphatic heterocycles. The molecule has 3 rings (SSSR count). The van der Waals surface area contributed by atoms with E-state index in [4.69, 9.17) is 0 Å². The summed E-state index contributed by atoms with van der Waals surface area (Å²) in [6, 6.07) is 18.5. The van der Waals surface area contributed by atoms with E-state index in [9.17, 15) is 0 Å². The first-order chi connectivity index (χ1) is 14.0. The molecule has 0 N–H and O–H groups in total. The molecule has 0 saturated heterocycles. The summed E-state index contributed by atoms with van der Waals surface area (Å²) in [4.78, 5) is 0. The Morgan fingerprint density at radius 2 is 0.966 bits per heavy atom. The van der Waals surface area contributed by atoms with Crippen molar-refractivity contribution in [1.82, 2.24) is 0 Å². The topological polar surface area (TPSA) is 0 Å². The van der Waals surface area contributed by atoms with Gasteiger partial charge in [0.2, 0.25) is 0 Å². The van der Waals surface area contributed by atoms with Crippen LogP contribution in [0.2, 0.25) is 0 Å². The third-order valence-corrected chi connectivity index (χ3v) is 6.95. The van der Waals surface area contributed by atoms with Crippen molar-refractivity contribution in [1.29, 1.82) is 0 Å². The lowest BCUT2D eigenvalue weighted by molar-refractivity contribution is 0.391. The lowest BCUT2D eigenvalue weighted by atomic mass is 9.70. The predicted molar refractivity (Wildman–Crippen MR) is 129 cm³/mol. The average Bonchev–Trinajstić information content (AvgIpc) is 2.98. The van der Waals surface area contributed by atoms with Crippen molar-refractivity contribution in [2.45, 2.75) is 97.3 Å². The fourth-order valence-electron chi connectivity index (χ4n) is 5.39. The second-order valence-corrected chi connectivity index (χ2v) is 10.2. The van der Waals surface area contributed by atoms with Crippen molar-refractivity contribution in [2.24, 2.45) is 11.8 Å². The van der Waals surface area contributed by atoms with E-state index in [2.05, 4.69) is 76.2 Å². The van der Waals surface area contributed by atoms with Crippen molar-refractivity contribution >= 4 is 0 Å². The number of unbranched alkanes of at least 4 members (excludes halogenated alkanes) is 4. The first-order valence-corrected chi connectivity index (χ1v) is 12.2. The molecular formula is C29H42. The first-order valence-electron chi connectivity index (χ1n) is 12.2. The maximum Gasteiger partial charge on any atom is 0.0215 e. The maximum absolute atomic E-state index is 2.43. The zero-order valence-corrected chi connectivity index (χ0v) is 19.3. The molecule has 0 unspecified atom stereocenters. The van der Waals surface area contributed by atoms with E-state index < -0.39 is 0 Å². The molecule has 0 heterocycles. The van der Waals surface area contributed by atoms with Gasteiger partial charge in [-0.15, -0.1) is 0 Å². The van der Waals surface area contributed by atoms with Gasteiger partial charge in [0.05, 0.1) is 0 Å². The van der Waals surface area contributed by atoms with E-state index in [0.717, 1.165) is 11.8 Å². The Balaban J connectivity index is 1.79. The Morgan fingerprint density at radius 3 is 1.38 bits per heavy atom. The zero-order chi connectivity index (χ0) is 20.7. The van der Waals surface area contributed by atoms with E-state index in [-0.39, 0.29) is 5.41 Å². The van der Waals surface area contributed by atoms with Crippen LogP contribution < -0.4 is 0 Å². The van der Waals surface area contributed by atoms with Crippen molar-refractivity contribution in [3.05, 3.63) is 59.7 Å². The molecule has 0 nitrogen and oxygen atoms in total. The van der Waals surface area contributed by atoms with Gasteiger partial charge >= 0.3 is 0 Å². The normalized spacial score (nSPS) is 14.4. The van der Waals surface area contributed by atoms with Gasteiger partial charge in [0.15, 0.2) is 0 Å². The third-order valence-electron chi connectivity index (χ3n) is 6.95. The van der Waals surface area contributed by atoms with E-state index in [1.807, 2.05) is 0 Å². The van der Waals surface area contributed by atoms with Crippen LogP contribution in [0.5, 0.6) is 0 Å². The van der Waals surface area contributed by atoms with Gasteiger partial charge in [0.1, 0.15) is 0 Å². The SMILES string of the molecule is CC(C)CCCCCC1(CCCCCC(C)C)c2ccccc2-c2ccccc21. The summed E-state index contributed by atoms with van der Waals surface area (Å²) in [6.45, 7) is 9.40. The van der Waals surface area contributed by atoms with Gasteiger partial charge in [-0.25, -0.2) is 0 Å². The Hall–Kier alpha value is -1.56. The molecule has 0 atom stereocenters. The summed E-state index contributed by atoms with van der Waals surface area (Å²) < 4.78 is 0. The maximum atomic E-state index is 2.43. The second-order valence-electron chi connectivity index (χ2n) is 10.2. The smallest absolute Gasteiger partial charge is 0.0215 e. The van der Waals surface area contributed by atoms with Crippen LogP contribution >= 0.6 is 0 Å². The average molecular weight is 391 g/mol. The largest absolute Gasteiger partial charge is 0.0628 e. The molecule has 1 aliphatic carbocycles. The van der Waals surface area contributed by atoms with Crippen LogP contribution in [0.4, 0.5) is 0 Å². The number of hydrogen-bond acceptors (Lipinski definition) is 0. The van der Waals surface area contributed by atoms with Crippen molar-refractivity contribution in [3.63, 3.8) is 0 Å². The highest BCUT2D eigenvalue weighted by Crippen LogP contribution is 2.54. The molecule has 0 spiro atoms. The Bertz CT molecular complexity index is 687. The molecule has 0 saturated carbocycles. The Kier molecular flexibility index (Phi) is 7.99. The molecule has 158 valence electrons. The summed E-state index contributed by atoms with van der Waals surface area (Å²) in [7, 11) is 0. The highest BCUT2D eigenvalue weighted by Gasteiger charge is 2.41. The Labute approximate surface area is 180 Å². The molecule has 0 amide bonds. The van der Waals surface area contributed by atoms with Crippen LogP contribution in [0.3, 0.4) is 0 Å². The third kappa shape index (κ3) is 5.33. The van der Waals surface area contributed by atoms with Crippen LogP contribution in [0.15, 0.2) is 48.5 Å². The van der Waals surface area contributed by atoms with Crippen molar-refractivity contribution in [3.8, 4) is 11.1 Å². The van der Waals surface area contributed by atoms with E-state index in [1.54, 1.807) is 11.1 Å². The number of fused-ring (bicyclic) bond motifs is 3. The molecule has 29 heavy (non-hydrogen) atoms. The lowest BCUT2D eigenvalue weighted by Gasteiger charge is -2.33. The number of hydrogen-bond donors (Lipinski definition) is 0. The Morgan fingerprint density at radius 1 is 0.552 bits per heavy atom. The van der Waals surface area contributed by atoms with Gasteiger partial charge in [-0.1, -0.05) is 128 Å².